The summed E-state index contributed by atoms with van der Waals surface area (Å²) < 4.78 is 22.8. The van der Waals surface area contributed by atoms with E-state index in [1.807, 2.05) is 0 Å². The molecule has 0 spiro atoms. The van der Waals surface area contributed by atoms with Gasteiger partial charge in [-0.25, -0.2) is 0 Å². The van der Waals surface area contributed by atoms with E-state index in [4.69, 9.17) is 18.9 Å². The lowest BCUT2D eigenvalue weighted by molar-refractivity contribution is -0.140. The normalized spacial score (nSPS) is 17.8. The standard InChI is InChI=1S/C31H32N2O7/c1-19(2)10-13-38-23-6-4-21(16-25(23)37-3)28-27(29(34)22-5-7-24-26(17-22)40-15-14-39-24)30(35)31(36)33(28)18-20-8-11-32-12-9-20/h4-9,11-12,16-17,19,28,34H,10,13-15,18H2,1-3H3/t28-/m0/s1. The topological polar surface area (TPSA) is 107 Å². The van der Waals surface area contributed by atoms with Gasteiger partial charge in [0, 0.05) is 24.5 Å². The zero-order chi connectivity index (χ0) is 28.2. The summed E-state index contributed by atoms with van der Waals surface area (Å²) in [6, 6.07) is 12.9. The number of ether oxygens (including phenoxy) is 4. The Morgan fingerprint density at radius 3 is 2.50 bits per heavy atom. The molecule has 3 aromatic rings. The lowest BCUT2D eigenvalue weighted by Gasteiger charge is -2.26. The Morgan fingerprint density at radius 1 is 1.02 bits per heavy atom. The van der Waals surface area contributed by atoms with Gasteiger partial charge in [-0.15, -0.1) is 0 Å². The van der Waals surface area contributed by atoms with Crippen molar-refractivity contribution in [3.05, 3.63) is 83.2 Å². The number of amides is 1. The first-order valence-electron chi connectivity index (χ1n) is 13.3. The van der Waals surface area contributed by atoms with Crippen molar-refractivity contribution < 1.29 is 33.6 Å². The van der Waals surface area contributed by atoms with Crippen LogP contribution >= 0.6 is 0 Å². The molecule has 1 aromatic heterocycles. The van der Waals surface area contributed by atoms with Gasteiger partial charge in [0.1, 0.15) is 19.0 Å². The zero-order valence-corrected chi connectivity index (χ0v) is 22.8. The van der Waals surface area contributed by atoms with E-state index in [0.717, 1.165) is 12.0 Å². The summed E-state index contributed by atoms with van der Waals surface area (Å²) in [4.78, 5) is 32.4. The van der Waals surface area contributed by atoms with Crippen molar-refractivity contribution in [2.75, 3.05) is 26.9 Å². The third kappa shape index (κ3) is 5.45. The molecule has 2 aromatic carbocycles. The Balaban J connectivity index is 1.59. The van der Waals surface area contributed by atoms with Gasteiger partial charge in [-0.05, 0) is 65.9 Å². The number of hydrogen-bond acceptors (Lipinski definition) is 8. The summed E-state index contributed by atoms with van der Waals surface area (Å²) >= 11 is 0. The van der Waals surface area contributed by atoms with Crippen molar-refractivity contribution in [1.29, 1.82) is 0 Å². The van der Waals surface area contributed by atoms with E-state index < -0.39 is 17.7 Å². The number of Topliss-reactive ketones (excluding diaryl/α,β-unsaturated/α-hetero) is 1. The second-order valence-electron chi connectivity index (χ2n) is 10.1. The minimum absolute atomic E-state index is 0.0220. The molecule has 0 saturated carbocycles. The molecule has 2 aliphatic rings. The molecular weight excluding hydrogens is 512 g/mol. The smallest absolute Gasteiger partial charge is 0.295 e. The van der Waals surface area contributed by atoms with Gasteiger partial charge in [0.15, 0.2) is 23.0 Å². The van der Waals surface area contributed by atoms with Crippen LogP contribution in [0.25, 0.3) is 5.76 Å². The number of fused-ring (bicyclic) bond motifs is 1. The van der Waals surface area contributed by atoms with Crippen LogP contribution in [0.1, 0.15) is 43.0 Å². The number of nitrogens with zero attached hydrogens (tertiary/aromatic N) is 2. The van der Waals surface area contributed by atoms with Crippen LogP contribution in [0.2, 0.25) is 0 Å². The van der Waals surface area contributed by atoms with Crippen LogP contribution in [-0.2, 0) is 16.1 Å². The SMILES string of the molecule is COc1cc([C@H]2C(=C(O)c3ccc4c(c3)OCCO4)C(=O)C(=O)N2Cc2ccncc2)ccc1OCCC(C)C. The molecule has 5 rings (SSSR count). The first kappa shape index (κ1) is 27.1. The highest BCUT2D eigenvalue weighted by Gasteiger charge is 2.46. The van der Waals surface area contributed by atoms with E-state index in [2.05, 4.69) is 18.8 Å². The molecule has 0 aliphatic carbocycles. The van der Waals surface area contributed by atoms with Crippen LogP contribution in [-0.4, -0.2) is 53.6 Å². The third-order valence-electron chi connectivity index (χ3n) is 6.91. The van der Waals surface area contributed by atoms with Gasteiger partial charge in [0.05, 0.1) is 25.3 Å². The molecule has 1 fully saturated rings. The summed E-state index contributed by atoms with van der Waals surface area (Å²) in [7, 11) is 1.54. The number of carbonyl (C=O) groups excluding carboxylic acids is 2. The third-order valence-corrected chi connectivity index (χ3v) is 6.91. The Labute approximate surface area is 233 Å². The van der Waals surface area contributed by atoms with Crippen LogP contribution < -0.4 is 18.9 Å². The maximum Gasteiger partial charge on any atom is 0.295 e. The summed E-state index contributed by atoms with van der Waals surface area (Å²) in [6.07, 6.45) is 4.14. The number of aliphatic hydroxyl groups is 1. The number of carbonyl (C=O) groups is 2. The van der Waals surface area contributed by atoms with Gasteiger partial charge in [0.25, 0.3) is 11.7 Å². The second kappa shape index (κ2) is 11.7. The van der Waals surface area contributed by atoms with E-state index in [9.17, 15) is 14.7 Å². The molecule has 0 radical (unpaired) electrons. The maximum absolute atomic E-state index is 13.5. The number of methoxy groups -OCH3 is 1. The molecule has 208 valence electrons. The quantitative estimate of drug-likeness (QED) is 0.230. The highest BCUT2D eigenvalue weighted by Crippen LogP contribution is 2.43. The highest BCUT2D eigenvalue weighted by molar-refractivity contribution is 6.46. The lowest BCUT2D eigenvalue weighted by atomic mass is 9.94. The molecule has 9 heteroatoms. The molecule has 0 bridgehead atoms. The first-order valence-corrected chi connectivity index (χ1v) is 13.3. The Morgan fingerprint density at radius 2 is 1.77 bits per heavy atom. The number of likely N-dealkylation sites (tertiary alicyclic amines) is 1. The minimum Gasteiger partial charge on any atom is -0.507 e. The number of hydrogen-bond donors (Lipinski definition) is 1. The number of benzene rings is 2. The van der Waals surface area contributed by atoms with Crippen molar-refractivity contribution in [1.82, 2.24) is 9.88 Å². The number of aliphatic hydroxyl groups excluding tert-OH is 1. The molecule has 1 N–H and O–H groups in total. The monoisotopic (exact) mass is 544 g/mol. The van der Waals surface area contributed by atoms with Gasteiger partial charge in [0.2, 0.25) is 0 Å². The predicted octanol–water partition coefficient (Wildman–Crippen LogP) is 4.91. The number of pyridine rings is 1. The molecular formula is C31H32N2O7. The summed E-state index contributed by atoms with van der Waals surface area (Å²) in [5.74, 6) is 0.741. The van der Waals surface area contributed by atoms with Crippen molar-refractivity contribution in [2.45, 2.75) is 32.9 Å². The van der Waals surface area contributed by atoms with E-state index in [0.29, 0.717) is 59.9 Å². The van der Waals surface area contributed by atoms with E-state index >= 15 is 0 Å². The summed E-state index contributed by atoms with van der Waals surface area (Å²) in [6.45, 7) is 5.72. The highest BCUT2D eigenvalue weighted by atomic mass is 16.6. The van der Waals surface area contributed by atoms with E-state index in [1.165, 1.54) is 12.0 Å². The van der Waals surface area contributed by atoms with Crippen LogP contribution in [0, 0.1) is 5.92 Å². The largest absolute Gasteiger partial charge is 0.507 e. The minimum atomic E-state index is -0.875. The first-order chi connectivity index (χ1) is 19.4. The average molecular weight is 545 g/mol. The second-order valence-corrected chi connectivity index (χ2v) is 10.1. The van der Waals surface area contributed by atoms with Gasteiger partial charge in [-0.3, -0.25) is 14.6 Å². The molecule has 1 amide bonds. The fourth-order valence-corrected chi connectivity index (χ4v) is 4.80. The Hall–Kier alpha value is -4.53. The van der Waals surface area contributed by atoms with Crippen molar-refractivity contribution >= 4 is 17.4 Å². The van der Waals surface area contributed by atoms with Crippen LogP contribution in [0.5, 0.6) is 23.0 Å². The summed E-state index contributed by atoms with van der Waals surface area (Å²) in [5.41, 5.74) is 1.71. The van der Waals surface area contributed by atoms with Crippen LogP contribution in [0.15, 0.2) is 66.5 Å². The van der Waals surface area contributed by atoms with Crippen molar-refractivity contribution in [2.24, 2.45) is 5.92 Å². The van der Waals surface area contributed by atoms with Crippen molar-refractivity contribution in [3.8, 4) is 23.0 Å². The number of rotatable bonds is 9. The maximum atomic E-state index is 13.5. The predicted molar refractivity (Wildman–Crippen MR) is 147 cm³/mol. The van der Waals surface area contributed by atoms with Gasteiger partial charge < -0.3 is 29.0 Å². The van der Waals surface area contributed by atoms with Gasteiger partial charge in [-0.1, -0.05) is 19.9 Å². The summed E-state index contributed by atoms with van der Waals surface area (Å²) in [5, 5.41) is 11.5. The molecule has 9 nitrogen and oxygen atoms in total. The molecule has 0 unspecified atom stereocenters. The number of aromatic nitrogens is 1. The van der Waals surface area contributed by atoms with Crippen molar-refractivity contribution in [3.63, 3.8) is 0 Å². The average Bonchev–Trinajstić information content (AvgIpc) is 3.22. The van der Waals surface area contributed by atoms with Crippen LogP contribution in [0.3, 0.4) is 0 Å². The molecule has 1 atom stereocenters. The van der Waals surface area contributed by atoms with E-state index in [-0.39, 0.29) is 17.9 Å². The Kier molecular flexibility index (Phi) is 7.91. The van der Waals surface area contributed by atoms with Gasteiger partial charge >= 0.3 is 0 Å². The zero-order valence-electron chi connectivity index (χ0n) is 22.8. The fourth-order valence-electron chi connectivity index (χ4n) is 4.80. The molecule has 3 heterocycles. The molecule has 2 aliphatic heterocycles. The van der Waals surface area contributed by atoms with E-state index in [1.54, 1.807) is 60.9 Å². The van der Waals surface area contributed by atoms with Gasteiger partial charge in [-0.2, -0.15) is 0 Å². The van der Waals surface area contributed by atoms with Crippen LogP contribution in [0.4, 0.5) is 0 Å². The molecule has 1 saturated heterocycles. The Bertz CT molecular complexity index is 1430. The number of ketones is 1. The molecule has 40 heavy (non-hydrogen) atoms. The lowest BCUT2D eigenvalue weighted by Crippen LogP contribution is -2.29. The fraction of sp³-hybridized carbons (Fsp3) is 0.323.